The molecule has 0 fully saturated rings. The van der Waals surface area contributed by atoms with Gasteiger partial charge >= 0.3 is 0 Å². The number of nitrogens with zero attached hydrogens (tertiary/aromatic N) is 2. The van der Waals surface area contributed by atoms with Crippen molar-refractivity contribution in [2.75, 3.05) is 13.7 Å². The molecule has 1 heterocycles. The monoisotopic (exact) mass is 203 g/mol. The van der Waals surface area contributed by atoms with Gasteiger partial charge in [0.1, 0.15) is 0 Å². The number of fused-ring (bicyclic) bond motifs is 1. The standard InChI is InChI=1S/C11H13N3O/c1-15-7-9(12)8-3-2-4-10-11(8)14-6-5-13-10/h2-6,9H,7,12H2,1H3. The molecule has 1 unspecified atom stereocenters. The van der Waals surface area contributed by atoms with Gasteiger partial charge in [-0.3, -0.25) is 9.97 Å². The SMILES string of the molecule is COCC(N)c1cccc2nccnc12. The molecular formula is C11H13N3O. The first kappa shape index (κ1) is 10.0. The first-order valence-corrected chi connectivity index (χ1v) is 4.77. The average molecular weight is 203 g/mol. The number of methoxy groups -OCH3 is 1. The fourth-order valence-electron chi connectivity index (χ4n) is 1.58. The fourth-order valence-corrected chi connectivity index (χ4v) is 1.58. The molecule has 2 aromatic rings. The number of rotatable bonds is 3. The molecule has 78 valence electrons. The number of ether oxygens (including phenoxy) is 1. The zero-order chi connectivity index (χ0) is 10.7. The Kier molecular flexibility index (Phi) is 2.89. The Bertz CT molecular complexity index is 453. The molecular weight excluding hydrogens is 190 g/mol. The molecule has 0 radical (unpaired) electrons. The predicted molar refractivity (Wildman–Crippen MR) is 58.3 cm³/mol. The van der Waals surface area contributed by atoms with Crippen LogP contribution in [0.25, 0.3) is 11.0 Å². The summed E-state index contributed by atoms with van der Waals surface area (Å²) in [6.45, 7) is 0.482. The van der Waals surface area contributed by atoms with Crippen LogP contribution in [-0.4, -0.2) is 23.7 Å². The molecule has 0 saturated heterocycles. The van der Waals surface area contributed by atoms with Crippen LogP contribution in [0, 0.1) is 0 Å². The first-order valence-electron chi connectivity index (χ1n) is 4.77. The van der Waals surface area contributed by atoms with Crippen molar-refractivity contribution in [2.45, 2.75) is 6.04 Å². The molecule has 15 heavy (non-hydrogen) atoms. The summed E-state index contributed by atoms with van der Waals surface area (Å²) in [5.41, 5.74) is 8.67. The first-order chi connectivity index (χ1) is 7.33. The lowest BCUT2D eigenvalue weighted by Gasteiger charge is -2.12. The highest BCUT2D eigenvalue weighted by Crippen LogP contribution is 2.19. The number of para-hydroxylation sites is 1. The minimum absolute atomic E-state index is 0.157. The van der Waals surface area contributed by atoms with Crippen LogP contribution in [0.2, 0.25) is 0 Å². The minimum atomic E-state index is -0.157. The summed E-state index contributed by atoms with van der Waals surface area (Å²) in [5, 5.41) is 0. The van der Waals surface area contributed by atoms with Crippen LogP contribution in [-0.2, 0) is 4.74 Å². The van der Waals surface area contributed by atoms with Gasteiger partial charge in [-0.1, -0.05) is 12.1 Å². The van der Waals surface area contributed by atoms with Crippen LogP contribution in [0.1, 0.15) is 11.6 Å². The van der Waals surface area contributed by atoms with Crippen molar-refractivity contribution in [2.24, 2.45) is 5.73 Å². The lowest BCUT2D eigenvalue weighted by molar-refractivity contribution is 0.181. The number of hydrogen-bond donors (Lipinski definition) is 1. The van der Waals surface area contributed by atoms with Crippen LogP contribution in [0.5, 0.6) is 0 Å². The Balaban J connectivity index is 2.50. The van der Waals surface area contributed by atoms with Gasteiger partial charge in [0.25, 0.3) is 0 Å². The molecule has 1 aromatic heterocycles. The summed E-state index contributed by atoms with van der Waals surface area (Å²) in [5.74, 6) is 0. The maximum atomic E-state index is 5.98. The van der Waals surface area contributed by atoms with Crippen molar-refractivity contribution >= 4 is 11.0 Å². The smallest absolute Gasteiger partial charge is 0.0935 e. The second-order valence-corrected chi connectivity index (χ2v) is 3.33. The van der Waals surface area contributed by atoms with Crippen molar-refractivity contribution in [1.82, 2.24) is 9.97 Å². The average Bonchev–Trinajstić information content (AvgIpc) is 2.28. The summed E-state index contributed by atoms with van der Waals surface area (Å²) >= 11 is 0. The quantitative estimate of drug-likeness (QED) is 0.816. The molecule has 2 N–H and O–H groups in total. The van der Waals surface area contributed by atoms with E-state index in [0.717, 1.165) is 16.6 Å². The molecule has 4 nitrogen and oxygen atoms in total. The maximum absolute atomic E-state index is 5.98. The molecule has 0 aliphatic heterocycles. The number of aromatic nitrogens is 2. The fraction of sp³-hybridized carbons (Fsp3) is 0.273. The second kappa shape index (κ2) is 4.33. The van der Waals surface area contributed by atoms with E-state index in [9.17, 15) is 0 Å². The number of hydrogen-bond acceptors (Lipinski definition) is 4. The molecule has 0 saturated carbocycles. The van der Waals surface area contributed by atoms with Crippen molar-refractivity contribution < 1.29 is 4.74 Å². The Labute approximate surface area is 88.1 Å². The Morgan fingerprint density at radius 2 is 2.13 bits per heavy atom. The van der Waals surface area contributed by atoms with E-state index in [1.807, 2.05) is 18.2 Å². The van der Waals surface area contributed by atoms with Gasteiger partial charge in [0.05, 0.1) is 23.7 Å². The van der Waals surface area contributed by atoms with E-state index >= 15 is 0 Å². The molecule has 4 heteroatoms. The van der Waals surface area contributed by atoms with Gasteiger partial charge in [0.15, 0.2) is 0 Å². The summed E-state index contributed by atoms with van der Waals surface area (Å²) in [6, 6.07) is 5.66. The largest absolute Gasteiger partial charge is 0.383 e. The maximum Gasteiger partial charge on any atom is 0.0935 e. The Morgan fingerprint density at radius 1 is 1.33 bits per heavy atom. The van der Waals surface area contributed by atoms with E-state index in [2.05, 4.69) is 9.97 Å². The third-order valence-electron chi connectivity index (χ3n) is 2.28. The number of benzene rings is 1. The molecule has 0 amide bonds. The van der Waals surface area contributed by atoms with Crippen molar-refractivity contribution in [3.05, 3.63) is 36.2 Å². The Morgan fingerprint density at radius 3 is 2.93 bits per heavy atom. The van der Waals surface area contributed by atoms with Crippen molar-refractivity contribution in [3.63, 3.8) is 0 Å². The molecule has 1 aromatic carbocycles. The van der Waals surface area contributed by atoms with Gasteiger partial charge in [0.2, 0.25) is 0 Å². The van der Waals surface area contributed by atoms with E-state index in [-0.39, 0.29) is 6.04 Å². The molecule has 0 aliphatic rings. The van der Waals surface area contributed by atoms with Crippen molar-refractivity contribution in [1.29, 1.82) is 0 Å². The lowest BCUT2D eigenvalue weighted by Crippen LogP contribution is -2.16. The normalized spacial score (nSPS) is 12.9. The zero-order valence-electron chi connectivity index (χ0n) is 8.55. The Hall–Kier alpha value is -1.52. The third-order valence-corrected chi connectivity index (χ3v) is 2.28. The van der Waals surface area contributed by atoms with Gasteiger partial charge in [-0.2, -0.15) is 0 Å². The topological polar surface area (TPSA) is 61.0 Å². The molecule has 2 rings (SSSR count). The third kappa shape index (κ3) is 1.95. The van der Waals surface area contributed by atoms with Crippen LogP contribution in [0.3, 0.4) is 0 Å². The second-order valence-electron chi connectivity index (χ2n) is 3.33. The summed E-state index contributed by atoms with van der Waals surface area (Å²) in [4.78, 5) is 8.51. The number of nitrogens with two attached hydrogens (primary N) is 1. The van der Waals surface area contributed by atoms with E-state index in [1.165, 1.54) is 0 Å². The molecule has 0 spiro atoms. The summed E-state index contributed by atoms with van der Waals surface area (Å²) in [7, 11) is 1.64. The molecule has 0 aliphatic carbocycles. The lowest BCUT2D eigenvalue weighted by atomic mass is 10.1. The minimum Gasteiger partial charge on any atom is -0.383 e. The highest BCUT2D eigenvalue weighted by atomic mass is 16.5. The zero-order valence-corrected chi connectivity index (χ0v) is 8.55. The highest BCUT2D eigenvalue weighted by molar-refractivity contribution is 5.77. The van der Waals surface area contributed by atoms with Gasteiger partial charge in [-0.15, -0.1) is 0 Å². The predicted octanol–water partition coefficient (Wildman–Crippen LogP) is 1.28. The van der Waals surface area contributed by atoms with E-state index in [0.29, 0.717) is 6.61 Å². The highest BCUT2D eigenvalue weighted by Gasteiger charge is 2.10. The van der Waals surface area contributed by atoms with Gasteiger partial charge in [0, 0.05) is 19.5 Å². The van der Waals surface area contributed by atoms with E-state index in [1.54, 1.807) is 19.5 Å². The summed E-state index contributed by atoms with van der Waals surface area (Å²) < 4.78 is 5.03. The molecule has 1 atom stereocenters. The van der Waals surface area contributed by atoms with E-state index in [4.69, 9.17) is 10.5 Å². The van der Waals surface area contributed by atoms with Crippen LogP contribution in [0.15, 0.2) is 30.6 Å². The van der Waals surface area contributed by atoms with E-state index < -0.39 is 0 Å². The van der Waals surface area contributed by atoms with Crippen LogP contribution < -0.4 is 5.73 Å². The molecule has 0 bridgehead atoms. The van der Waals surface area contributed by atoms with Crippen molar-refractivity contribution in [3.8, 4) is 0 Å². The van der Waals surface area contributed by atoms with Crippen LogP contribution >= 0.6 is 0 Å². The van der Waals surface area contributed by atoms with Gasteiger partial charge in [-0.05, 0) is 11.6 Å². The van der Waals surface area contributed by atoms with Crippen LogP contribution in [0.4, 0.5) is 0 Å². The summed E-state index contributed by atoms with van der Waals surface area (Å²) in [6.07, 6.45) is 3.35. The van der Waals surface area contributed by atoms with Gasteiger partial charge < -0.3 is 10.5 Å². The van der Waals surface area contributed by atoms with Gasteiger partial charge in [-0.25, -0.2) is 0 Å².